The molecule has 0 bridgehead atoms. The molecular weight excluding hydrogens is 438 g/mol. The summed E-state index contributed by atoms with van der Waals surface area (Å²) in [6.07, 6.45) is 3.14. The molecule has 1 aliphatic heterocycles. The minimum absolute atomic E-state index is 0.00726. The van der Waals surface area contributed by atoms with Gasteiger partial charge in [0, 0.05) is 37.2 Å². The van der Waals surface area contributed by atoms with Crippen LogP contribution in [0.3, 0.4) is 0 Å². The molecule has 3 fully saturated rings. The number of halogens is 2. The Kier molecular flexibility index (Phi) is 4.85. The van der Waals surface area contributed by atoms with Crippen molar-refractivity contribution in [1.82, 2.24) is 24.9 Å². The van der Waals surface area contributed by atoms with Crippen molar-refractivity contribution in [2.45, 2.75) is 64.4 Å². The molecular formula is C25H28F2N6O. The summed E-state index contributed by atoms with van der Waals surface area (Å²) in [5, 5.41) is 0. The van der Waals surface area contributed by atoms with Gasteiger partial charge in [-0.3, -0.25) is 4.98 Å². The first kappa shape index (κ1) is 21.7. The minimum Gasteiger partial charge on any atom is -0.370 e. The lowest BCUT2D eigenvalue weighted by Gasteiger charge is -2.57. The number of morpholine rings is 1. The van der Waals surface area contributed by atoms with Crippen LogP contribution in [0.5, 0.6) is 0 Å². The second-order valence-corrected chi connectivity index (χ2v) is 10.3. The van der Waals surface area contributed by atoms with E-state index in [-0.39, 0.29) is 30.3 Å². The number of aromatic nitrogens is 5. The number of pyridine rings is 1. The van der Waals surface area contributed by atoms with Gasteiger partial charge in [-0.25, -0.2) is 23.7 Å². The third-order valence-electron chi connectivity index (χ3n) is 7.61. The predicted octanol–water partition coefficient (Wildman–Crippen LogP) is 4.61. The summed E-state index contributed by atoms with van der Waals surface area (Å²) < 4.78 is 33.2. The van der Waals surface area contributed by atoms with Crippen LogP contribution in [0.4, 0.5) is 14.7 Å². The van der Waals surface area contributed by atoms with Gasteiger partial charge in [-0.2, -0.15) is 4.98 Å². The number of nitrogens with zero attached hydrogens (tertiary/aromatic N) is 6. The SMILES string of the molecule is Cc1cc([C@H]2CN(c3nc(C4CC5(C4)CC(F)(F)C5)c4nc(C)c(C)nc4n3)CCO2)ccn1. The van der Waals surface area contributed by atoms with E-state index in [9.17, 15) is 8.78 Å². The Balaban J connectivity index is 1.33. The van der Waals surface area contributed by atoms with Crippen molar-refractivity contribution in [3.05, 3.63) is 46.7 Å². The van der Waals surface area contributed by atoms with Gasteiger partial charge in [0.1, 0.15) is 11.6 Å². The normalized spacial score (nSPS) is 23.7. The first-order valence-corrected chi connectivity index (χ1v) is 11.9. The molecule has 7 nitrogen and oxygen atoms in total. The van der Waals surface area contributed by atoms with E-state index < -0.39 is 5.92 Å². The fraction of sp³-hybridized carbons (Fsp3) is 0.560. The molecule has 0 unspecified atom stereocenters. The number of fused-ring (bicyclic) bond motifs is 1. The van der Waals surface area contributed by atoms with Gasteiger partial charge in [0.05, 0.1) is 30.2 Å². The summed E-state index contributed by atoms with van der Waals surface area (Å²) in [6, 6.07) is 4.02. The first-order chi connectivity index (χ1) is 16.2. The predicted molar refractivity (Wildman–Crippen MR) is 123 cm³/mol. The Morgan fingerprint density at radius 3 is 2.53 bits per heavy atom. The number of anilines is 1. The third kappa shape index (κ3) is 3.70. The molecule has 3 aromatic heterocycles. The molecule has 3 aromatic rings. The zero-order valence-electron chi connectivity index (χ0n) is 19.7. The van der Waals surface area contributed by atoms with E-state index in [0.717, 1.165) is 41.2 Å². The Hall–Kier alpha value is -2.81. The van der Waals surface area contributed by atoms with Crippen LogP contribution in [0.2, 0.25) is 0 Å². The lowest BCUT2D eigenvalue weighted by atomic mass is 9.49. The third-order valence-corrected chi connectivity index (χ3v) is 7.61. The zero-order valence-corrected chi connectivity index (χ0v) is 19.7. The van der Waals surface area contributed by atoms with Crippen LogP contribution in [0, 0.1) is 26.2 Å². The molecule has 34 heavy (non-hydrogen) atoms. The molecule has 0 aromatic carbocycles. The highest BCUT2D eigenvalue weighted by Gasteiger charge is 2.62. The van der Waals surface area contributed by atoms with Gasteiger partial charge in [-0.1, -0.05) is 0 Å². The van der Waals surface area contributed by atoms with Crippen molar-refractivity contribution in [2.24, 2.45) is 5.41 Å². The molecule has 1 atom stereocenters. The van der Waals surface area contributed by atoms with Crippen LogP contribution in [0.1, 0.15) is 66.0 Å². The molecule has 9 heteroatoms. The maximum absolute atomic E-state index is 13.6. The Morgan fingerprint density at radius 2 is 1.79 bits per heavy atom. The molecule has 1 spiro atoms. The largest absolute Gasteiger partial charge is 0.370 e. The number of rotatable bonds is 3. The van der Waals surface area contributed by atoms with Crippen molar-refractivity contribution >= 4 is 17.1 Å². The summed E-state index contributed by atoms with van der Waals surface area (Å²) >= 11 is 0. The van der Waals surface area contributed by atoms with Crippen LogP contribution in [-0.4, -0.2) is 50.5 Å². The molecule has 1 saturated heterocycles. The fourth-order valence-electron chi connectivity index (χ4n) is 5.86. The van der Waals surface area contributed by atoms with E-state index in [1.807, 2.05) is 32.9 Å². The highest BCUT2D eigenvalue weighted by atomic mass is 19.3. The lowest BCUT2D eigenvalue weighted by molar-refractivity contribution is -0.196. The van der Waals surface area contributed by atoms with Gasteiger partial charge in [0.15, 0.2) is 5.65 Å². The van der Waals surface area contributed by atoms with Gasteiger partial charge in [-0.05, 0) is 56.7 Å². The Bertz CT molecular complexity index is 1270. The van der Waals surface area contributed by atoms with Gasteiger partial charge < -0.3 is 9.64 Å². The summed E-state index contributed by atoms with van der Waals surface area (Å²) in [7, 11) is 0. The molecule has 0 radical (unpaired) electrons. The van der Waals surface area contributed by atoms with Crippen LogP contribution in [0.15, 0.2) is 18.3 Å². The monoisotopic (exact) mass is 466 g/mol. The van der Waals surface area contributed by atoms with Gasteiger partial charge >= 0.3 is 0 Å². The minimum atomic E-state index is -2.51. The van der Waals surface area contributed by atoms with Gasteiger partial charge in [0.25, 0.3) is 0 Å². The molecule has 2 saturated carbocycles. The van der Waals surface area contributed by atoms with Gasteiger partial charge in [0.2, 0.25) is 11.9 Å². The van der Waals surface area contributed by atoms with Crippen molar-refractivity contribution in [1.29, 1.82) is 0 Å². The highest BCUT2D eigenvalue weighted by Crippen LogP contribution is 2.67. The fourth-order valence-corrected chi connectivity index (χ4v) is 5.86. The second-order valence-electron chi connectivity index (χ2n) is 10.3. The van der Waals surface area contributed by atoms with Crippen LogP contribution >= 0.6 is 0 Å². The zero-order chi connectivity index (χ0) is 23.7. The van der Waals surface area contributed by atoms with E-state index in [1.54, 1.807) is 6.20 Å². The molecule has 6 rings (SSSR count). The van der Waals surface area contributed by atoms with E-state index in [0.29, 0.717) is 36.8 Å². The topological polar surface area (TPSA) is 76.9 Å². The van der Waals surface area contributed by atoms with Crippen molar-refractivity contribution in [2.75, 3.05) is 24.6 Å². The average Bonchev–Trinajstić information content (AvgIpc) is 2.76. The summed E-state index contributed by atoms with van der Waals surface area (Å²) in [5.74, 6) is -1.79. The maximum Gasteiger partial charge on any atom is 0.249 e. The molecule has 2 aliphatic carbocycles. The standard InChI is InChI=1S/C25H28F2N6O/c1-14-8-17(4-5-28-14)19-11-33(6-7-34-19)23-31-20(18-9-24(10-18)12-25(26,27)13-24)21-22(32-23)30-16(3)15(2)29-21/h4-5,8,18-19H,6-7,9-13H2,1-3H3/t19-/m1/s1. The number of hydrogen-bond donors (Lipinski definition) is 0. The Morgan fingerprint density at radius 1 is 1.03 bits per heavy atom. The highest BCUT2D eigenvalue weighted by molar-refractivity contribution is 5.75. The smallest absolute Gasteiger partial charge is 0.249 e. The van der Waals surface area contributed by atoms with Crippen molar-refractivity contribution in [3.8, 4) is 0 Å². The lowest BCUT2D eigenvalue weighted by Crippen LogP contribution is -2.53. The summed E-state index contributed by atoms with van der Waals surface area (Å²) in [6.45, 7) is 7.67. The molecule has 178 valence electrons. The van der Waals surface area contributed by atoms with E-state index in [1.165, 1.54) is 0 Å². The number of ether oxygens (including phenoxy) is 1. The molecule has 0 N–H and O–H groups in total. The summed E-state index contributed by atoms with van der Waals surface area (Å²) in [5.41, 5.74) is 5.59. The van der Waals surface area contributed by atoms with E-state index >= 15 is 0 Å². The number of hydrogen-bond acceptors (Lipinski definition) is 7. The average molecular weight is 467 g/mol. The first-order valence-electron chi connectivity index (χ1n) is 11.9. The van der Waals surface area contributed by atoms with E-state index in [2.05, 4.69) is 9.88 Å². The van der Waals surface area contributed by atoms with Gasteiger partial charge in [-0.15, -0.1) is 0 Å². The maximum atomic E-state index is 13.6. The van der Waals surface area contributed by atoms with Crippen LogP contribution < -0.4 is 4.90 Å². The molecule has 3 aliphatic rings. The quantitative estimate of drug-likeness (QED) is 0.558. The van der Waals surface area contributed by atoms with Crippen molar-refractivity contribution < 1.29 is 13.5 Å². The number of alkyl halides is 2. The van der Waals surface area contributed by atoms with Crippen LogP contribution in [0.25, 0.3) is 11.2 Å². The molecule has 4 heterocycles. The Labute approximate surface area is 197 Å². The van der Waals surface area contributed by atoms with Crippen molar-refractivity contribution in [3.63, 3.8) is 0 Å². The number of aryl methyl sites for hydroxylation is 3. The van der Waals surface area contributed by atoms with Crippen LogP contribution in [-0.2, 0) is 4.74 Å². The second kappa shape index (κ2) is 7.60. The van der Waals surface area contributed by atoms with E-state index in [4.69, 9.17) is 24.7 Å². The molecule has 0 amide bonds. The summed E-state index contributed by atoms with van der Waals surface area (Å²) in [4.78, 5) is 25.7.